The lowest BCUT2D eigenvalue weighted by Crippen LogP contribution is -2.49. The Hall–Kier alpha value is 0.560. The Balaban J connectivity index is 1.98. The Kier molecular flexibility index (Phi) is 6.10. The van der Waals surface area contributed by atoms with Crippen molar-refractivity contribution in [2.24, 2.45) is 5.92 Å². The quantitative estimate of drug-likeness (QED) is 0.636. The lowest BCUT2D eigenvalue weighted by molar-refractivity contribution is -0.135. The van der Waals surface area contributed by atoms with Crippen LogP contribution in [0.3, 0.4) is 0 Å². The number of Topliss-reactive ketones (excluding diaryl/α,β-unsaturated/α-hetero) is 1. The van der Waals surface area contributed by atoms with Crippen molar-refractivity contribution in [3.63, 3.8) is 0 Å². The van der Waals surface area contributed by atoms with Crippen molar-refractivity contribution in [2.45, 2.75) is 61.1 Å². The lowest BCUT2D eigenvalue weighted by atomic mass is 9.77. The van der Waals surface area contributed by atoms with Crippen LogP contribution in [0.25, 0.3) is 0 Å². The minimum atomic E-state index is -1.37. The first-order valence-corrected chi connectivity index (χ1v) is 9.17. The number of thioether (sulfide) groups is 1. The molecule has 0 aromatic rings. The van der Waals surface area contributed by atoms with E-state index in [1.807, 2.05) is 11.8 Å². The van der Waals surface area contributed by atoms with Gasteiger partial charge in [0.2, 0.25) is 5.78 Å². The van der Waals surface area contributed by atoms with Crippen LogP contribution >= 0.6 is 35.0 Å². The zero-order valence-corrected chi connectivity index (χ0v) is 14.2. The second kappa shape index (κ2) is 7.21. The van der Waals surface area contributed by atoms with Crippen molar-refractivity contribution in [3.05, 3.63) is 13.0 Å². The summed E-state index contributed by atoms with van der Waals surface area (Å²) in [5.41, 5.74) is 0. The van der Waals surface area contributed by atoms with Crippen LogP contribution in [0.4, 0.5) is 0 Å². The molecule has 0 aromatic carbocycles. The number of hydrogen-bond donors (Lipinski definition) is 0. The maximum atomic E-state index is 12.5. The molecule has 0 spiro atoms. The van der Waals surface area contributed by atoms with Crippen LogP contribution in [-0.4, -0.2) is 27.2 Å². The van der Waals surface area contributed by atoms with Crippen molar-refractivity contribution in [1.82, 2.24) is 0 Å². The van der Waals surface area contributed by atoms with E-state index in [1.54, 1.807) is 0 Å². The first-order chi connectivity index (χ1) is 9.49. The van der Waals surface area contributed by atoms with Gasteiger partial charge in [-0.05, 0) is 50.2 Å². The highest BCUT2D eigenvalue weighted by Crippen LogP contribution is 2.48. The van der Waals surface area contributed by atoms with Crippen LogP contribution in [0.1, 0.15) is 45.4 Å². The molecule has 3 unspecified atom stereocenters. The van der Waals surface area contributed by atoms with Crippen LogP contribution in [0.5, 0.6) is 0 Å². The zero-order valence-electron chi connectivity index (χ0n) is 11.9. The minimum absolute atomic E-state index is 0.152. The van der Waals surface area contributed by atoms with E-state index >= 15 is 0 Å². The van der Waals surface area contributed by atoms with E-state index in [2.05, 4.69) is 13.8 Å². The third-order valence-electron chi connectivity index (χ3n) is 3.96. The fourth-order valence-corrected chi connectivity index (χ4v) is 4.70. The summed E-state index contributed by atoms with van der Waals surface area (Å²) in [4.78, 5) is 12.5. The molecular formula is C15H22Cl2O2S. The van der Waals surface area contributed by atoms with Crippen LogP contribution in [0.2, 0.25) is 0 Å². The second-order valence-electron chi connectivity index (χ2n) is 5.58. The molecule has 2 radical (unpaired) electrons. The van der Waals surface area contributed by atoms with Crippen molar-refractivity contribution in [2.75, 3.05) is 5.75 Å². The summed E-state index contributed by atoms with van der Waals surface area (Å²) < 4.78 is 4.57. The molecule has 3 rings (SSSR count). The number of halogens is 2. The molecular weight excluding hydrogens is 315 g/mol. The van der Waals surface area contributed by atoms with E-state index < -0.39 is 4.33 Å². The normalized spacial score (nSPS) is 30.7. The highest BCUT2D eigenvalue weighted by Gasteiger charge is 2.51. The highest BCUT2D eigenvalue weighted by atomic mass is 35.5. The van der Waals surface area contributed by atoms with E-state index in [0.717, 1.165) is 25.0 Å². The molecule has 0 aromatic heterocycles. The van der Waals surface area contributed by atoms with Gasteiger partial charge in [0.1, 0.15) is 0 Å². The van der Waals surface area contributed by atoms with Crippen LogP contribution in [0, 0.1) is 18.9 Å². The maximum Gasteiger partial charge on any atom is 0.204 e. The third-order valence-corrected chi connectivity index (χ3v) is 6.25. The molecule has 2 bridgehead atoms. The van der Waals surface area contributed by atoms with Crippen molar-refractivity contribution >= 4 is 40.7 Å². The first-order valence-electron chi connectivity index (χ1n) is 7.36. The molecule has 0 amide bonds. The number of carbonyl (C=O) groups excluding carboxylic acids is 1. The predicted octanol–water partition coefficient (Wildman–Crippen LogP) is 4.59. The van der Waals surface area contributed by atoms with Crippen molar-refractivity contribution in [3.8, 4) is 0 Å². The molecule has 0 N–H and O–H groups in total. The Morgan fingerprint density at radius 2 is 2.25 bits per heavy atom. The second-order valence-corrected chi connectivity index (χ2v) is 8.41. The number of hydrogen-bond acceptors (Lipinski definition) is 3. The maximum absolute atomic E-state index is 12.5. The molecule has 2 heterocycles. The molecule has 3 atom stereocenters. The van der Waals surface area contributed by atoms with E-state index in [4.69, 9.17) is 27.9 Å². The van der Waals surface area contributed by atoms with E-state index in [0.29, 0.717) is 24.2 Å². The standard InChI is InChI=1S/C15H22Cl2O2S/c1-3-7-15(16,17)14(18)13-10-5-6-11(19-13)12(9-10)20-8-4-2/h10-12H,1,3-9H2,2H3. The van der Waals surface area contributed by atoms with Crippen LogP contribution < -0.4 is 0 Å². The van der Waals surface area contributed by atoms with Crippen LogP contribution in [0.15, 0.2) is 0 Å². The molecule has 2 saturated heterocycles. The Bertz CT molecular complexity index is 349. The first kappa shape index (κ1) is 16.9. The summed E-state index contributed by atoms with van der Waals surface area (Å²) in [6.45, 7) is 5.90. The highest BCUT2D eigenvalue weighted by molar-refractivity contribution is 7.99. The van der Waals surface area contributed by atoms with Gasteiger partial charge in [-0.1, -0.05) is 37.0 Å². The molecule has 3 aliphatic rings. The van der Waals surface area contributed by atoms with Crippen molar-refractivity contribution in [1.29, 1.82) is 0 Å². The van der Waals surface area contributed by atoms with Gasteiger partial charge in [0.15, 0.2) is 10.4 Å². The number of ketones is 1. The molecule has 2 nitrogen and oxygen atoms in total. The Morgan fingerprint density at radius 3 is 2.80 bits per heavy atom. The molecule has 5 heteroatoms. The van der Waals surface area contributed by atoms with Gasteiger partial charge in [-0.15, -0.1) is 0 Å². The minimum Gasteiger partial charge on any atom is -0.359 e. The number of ether oxygens (including phenoxy) is 1. The van der Waals surface area contributed by atoms with Gasteiger partial charge in [-0.25, -0.2) is 0 Å². The topological polar surface area (TPSA) is 26.3 Å². The number of carbonyl (C=O) groups is 1. The molecule has 20 heavy (non-hydrogen) atoms. The number of rotatable bonds is 7. The van der Waals surface area contributed by atoms with Gasteiger partial charge >= 0.3 is 0 Å². The van der Waals surface area contributed by atoms with Gasteiger partial charge < -0.3 is 4.74 Å². The van der Waals surface area contributed by atoms with Crippen LogP contribution in [-0.2, 0) is 9.53 Å². The average Bonchev–Trinajstić information content (AvgIpc) is 2.44. The van der Waals surface area contributed by atoms with E-state index in [9.17, 15) is 4.79 Å². The zero-order chi connectivity index (χ0) is 14.8. The number of fused-ring (bicyclic) bond motifs is 3. The Morgan fingerprint density at radius 1 is 1.50 bits per heavy atom. The van der Waals surface area contributed by atoms with Gasteiger partial charge in [0.05, 0.1) is 6.10 Å². The molecule has 2 aliphatic heterocycles. The van der Waals surface area contributed by atoms with E-state index in [1.165, 1.54) is 6.42 Å². The predicted molar refractivity (Wildman–Crippen MR) is 86.0 cm³/mol. The van der Waals surface area contributed by atoms with Gasteiger partial charge in [-0.2, -0.15) is 11.8 Å². The lowest BCUT2D eigenvalue weighted by Gasteiger charge is -2.46. The monoisotopic (exact) mass is 336 g/mol. The fraction of sp³-hybridized carbons (Fsp3) is 0.800. The summed E-state index contributed by atoms with van der Waals surface area (Å²) in [5.74, 6) is 1.11. The van der Waals surface area contributed by atoms with Gasteiger partial charge in [0, 0.05) is 5.25 Å². The van der Waals surface area contributed by atoms with Gasteiger partial charge in [-0.3, -0.25) is 4.79 Å². The smallest absolute Gasteiger partial charge is 0.204 e. The SMILES string of the molecule is [CH2]CCC(Cl)(Cl)C(=O)[C]1OC2CCC1CC2SCCC. The molecule has 114 valence electrons. The summed E-state index contributed by atoms with van der Waals surface area (Å²) in [5, 5.41) is 0.512. The summed E-state index contributed by atoms with van der Waals surface area (Å²) in [7, 11) is 0. The summed E-state index contributed by atoms with van der Waals surface area (Å²) >= 11 is 14.3. The fourth-order valence-electron chi connectivity index (χ4n) is 2.93. The molecule has 3 fully saturated rings. The van der Waals surface area contributed by atoms with Gasteiger partial charge in [0.25, 0.3) is 0 Å². The molecule has 1 aliphatic carbocycles. The van der Waals surface area contributed by atoms with E-state index in [-0.39, 0.29) is 17.8 Å². The largest absolute Gasteiger partial charge is 0.359 e. The number of alkyl halides is 2. The summed E-state index contributed by atoms with van der Waals surface area (Å²) in [6.07, 6.45) is 5.82. The molecule has 1 saturated carbocycles. The third kappa shape index (κ3) is 3.66. The summed E-state index contributed by atoms with van der Waals surface area (Å²) in [6, 6.07) is 0. The average molecular weight is 337 g/mol. The Labute approximate surface area is 136 Å². The van der Waals surface area contributed by atoms with Crippen molar-refractivity contribution < 1.29 is 9.53 Å².